The molecule has 1 N–H and O–H groups in total. The van der Waals surface area contributed by atoms with Gasteiger partial charge in [0.05, 0.1) is 12.3 Å². The number of hydrogen-bond donors (Lipinski definition) is 1. The molecule has 0 bridgehead atoms. The van der Waals surface area contributed by atoms with Crippen LogP contribution in [0.25, 0.3) is 11.6 Å². The Morgan fingerprint density at radius 2 is 2.00 bits per heavy atom. The van der Waals surface area contributed by atoms with Gasteiger partial charge in [0.1, 0.15) is 0 Å². The highest BCUT2D eigenvalue weighted by atomic mass is 32.1. The molecule has 0 aliphatic rings. The highest BCUT2D eigenvalue weighted by Crippen LogP contribution is 2.25. The summed E-state index contributed by atoms with van der Waals surface area (Å²) in [7, 11) is 0. The number of nitrogens with one attached hydrogen (secondary N) is 1. The second-order valence-corrected chi connectivity index (χ2v) is 4.67. The van der Waals surface area contributed by atoms with Gasteiger partial charge in [0, 0.05) is 0 Å². The van der Waals surface area contributed by atoms with Crippen molar-refractivity contribution in [3.63, 3.8) is 0 Å². The predicted octanol–water partition coefficient (Wildman–Crippen LogP) is 3.81. The van der Waals surface area contributed by atoms with Crippen molar-refractivity contribution in [1.29, 1.82) is 0 Å². The molecular formula is C14H13N3OS. The van der Waals surface area contributed by atoms with Crippen LogP contribution in [0.3, 0.4) is 0 Å². The van der Waals surface area contributed by atoms with E-state index in [1.54, 1.807) is 6.26 Å². The molecule has 5 heteroatoms. The highest BCUT2D eigenvalue weighted by Gasteiger charge is 2.17. The Morgan fingerprint density at radius 3 is 2.68 bits per heavy atom. The van der Waals surface area contributed by atoms with Crippen molar-refractivity contribution in [2.75, 3.05) is 0 Å². The van der Waals surface area contributed by atoms with Gasteiger partial charge in [0.2, 0.25) is 0 Å². The zero-order valence-corrected chi connectivity index (χ0v) is 11.2. The maximum Gasteiger partial charge on any atom is 0.198 e. The summed E-state index contributed by atoms with van der Waals surface area (Å²) in [5.41, 5.74) is 1.17. The first-order chi connectivity index (χ1) is 9.27. The molecule has 4 nitrogen and oxygen atoms in total. The SMILES string of the molecule is CC(c1ccccc1)n1c(-c2ccco2)n[nH]c1=S. The minimum atomic E-state index is 0.0903. The number of H-pyrrole nitrogens is 1. The molecule has 2 heterocycles. The Balaban J connectivity index is 2.11. The van der Waals surface area contributed by atoms with Crippen LogP contribution >= 0.6 is 12.2 Å². The third-order valence-electron chi connectivity index (χ3n) is 3.12. The Bertz CT molecular complexity index is 713. The lowest BCUT2D eigenvalue weighted by atomic mass is 10.1. The number of furan rings is 1. The molecule has 0 aliphatic carbocycles. The fraction of sp³-hybridized carbons (Fsp3) is 0.143. The van der Waals surface area contributed by atoms with Gasteiger partial charge in [-0.05, 0) is 36.8 Å². The zero-order chi connectivity index (χ0) is 13.2. The summed E-state index contributed by atoms with van der Waals surface area (Å²) in [5, 5.41) is 7.09. The van der Waals surface area contributed by atoms with Gasteiger partial charge in [-0.15, -0.1) is 0 Å². The van der Waals surface area contributed by atoms with Gasteiger partial charge in [0.15, 0.2) is 16.4 Å². The van der Waals surface area contributed by atoms with E-state index in [0.717, 1.165) is 0 Å². The van der Waals surface area contributed by atoms with Crippen molar-refractivity contribution in [3.8, 4) is 11.6 Å². The van der Waals surface area contributed by atoms with E-state index in [2.05, 4.69) is 29.3 Å². The number of aromatic nitrogens is 3. The normalized spacial score (nSPS) is 12.5. The van der Waals surface area contributed by atoms with E-state index in [1.165, 1.54) is 5.56 Å². The fourth-order valence-electron chi connectivity index (χ4n) is 2.12. The number of nitrogens with zero attached hydrogens (tertiary/aromatic N) is 2. The van der Waals surface area contributed by atoms with Gasteiger partial charge < -0.3 is 4.42 Å². The molecule has 19 heavy (non-hydrogen) atoms. The molecule has 0 spiro atoms. The van der Waals surface area contributed by atoms with Crippen molar-refractivity contribution >= 4 is 12.2 Å². The van der Waals surface area contributed by atoms with E-state index >= 15 is 0 Å². The lowest BCUT2D eigenvalue weighted by Crippen LogP contribution is -2.08. The van der Waals surface area contributed by atoms with Crippen molar-refractivity contribution in [1.82, 2.24) is 14.8 Å². The van der Waals surface area contributed by atoms with Crippen LogP contribution in [0.4, 0.5) is 0 Å². The molecule has 1 unspecified atom stereocenters. The monoisotopic (exact) mass is 271 g/mol. The van der Waals surface area contributed by atoms with E-state index < -0.39 is 0 Å². The number of aromatic amines is 1. The molecule has 96 valence electrons. The Kier molecular flexibility index (Phi) is 3.05. The molecule has 3 rings (SSSR count). The molecule has 0 fully saturated rings. The molecule has 0 radical (unpaired) electrons. The third-order valence-corrected chi connectivity index (χ3v) is 3.40. The summed E-state index contributed by atoms with van der Waals surface area (Å²) in [6.45, 7) is 2.09. The van der Waals surface area contributed by atoms with E-state index in [4.69, 9.17) is 16.6 Å². The summed E-state index contributed by atoms with van der Waals surface area (Å²) in [6, 6.07) is 14.0. The number of benzene rings is 1. The van der Waals surface area contributed by atoms with Crippen molar-refractivity contribution in [2.45, 2.75) is 13.0 Å². The minimum Gasteiger partial charge on any atom is -0.461 e. The summed E-state index contributed by atoms with van der Waals surface area (Å²) >= 11 is 5.33. The van der Waals surface area contributed by atoms with Crippen molar-refractivity contribution < 1.29 is 4.42 Å². The minimum absolute atomic E-state index is 0.0903. The second kappa shape index (κ2) is 4.85. The van der Waals surface area contributed by atoms with Crippen molar-refractivity contribution in [3.05, 3.63) is 59.1 Å². The van der Waals surface area contributed by atoms with Gasteiger partial charge in [0.25, 0.3) is 0 Å². The standard InChI is InChI=1S/C14H13N3OS/c1-10(11-6-3-2-4-7-11)17-13(15-16-14(17)19)12-8-5-9-18-12/h2-10H,1H3,(H,16,19). The molecule has 0 saturated carbocycles. The highest BCUT2D eigenvalue weighted by molar-refractivity contribution is 7.71. The van der Waals surface area contributed by atoms with Crippen LogP contribution < -0.4 is 0 Å². The summed E-state index contributed by atoms with van der Waals surface area (Å²) < 4.78 is 7.96. The van der Waals surface area contributed by atoms with E-state index in [1.807, 2.05) is 34.9 Å². The van der Waals surface area contributed by atoms with Crippen LogP contribution in [0.5, 0.6) is 0 Å². The average Bonchev–Trinajstić information content (AvgIpc) is 3.08. The molecule has 1 aromatic carbocycles. The summed E-state index contributed by atoms with van der Waals surface area (Å²) in [5.74, 6) is 1.42. The van der Waals surface area contributed by atoms with E-state index in [9.17, 15) is 0 Å². The second-order valence-electron chi connectivity index (χ2n) is 4.29. The maximum absolute atomic E-state index is 5.41. The molecule has 2 aromatic heterocycles. The Hall–Kier alpha value is -2.14. The summed E-state index contributed by atoms with van der Waals surface area (Å²) in [6.07, 6.45) is 1.63. The van der Waals surface area contributed by atoms with E-state index in [-0.39, 0.29) is 6.04 Å². The molecule has 0 saturated heterocycles. The van der Waals surface area contributed by atoms with Crippen LogP contribution in [-0.4, -0.2) is 14.8 Å². The van der Waals surface area contributed by atoms with Crippen LogP contribution in [0, 0.1) is 4.77 Å². The molecule has 3 aromatic rings. The zero-order valence-electron chi connectivity index (χ0n) is 10.4. The van der Waals surface area contributed by atoms with Gasteiger partial charge >= 0.3 is 0 Å². The van der Waals surface area contributed by atoms with Crippen LogP contribution in [0.1, 0.15) is 18.5 Å². The molecule has 0 amide bonds. The largest absolute Gasteiger partial charge is 0.461 e. The first kappa shape index (κ1) is 11.9. The predicted molar refractivity (Wildman–Crippen MR) is 75.4 cm³/mol. The Labute approximate surface area is 115 Å². The summed E-state index contributed by atoms with van der Waals surface area (Å²) in [4.78, 5) is 0. The van der Waals surface area contributed by atoms with Crippen LogP contribution in [-0.2, 0) is 0 Å². The molecule has 0 aliphatic heterocycles. The van der Waals surface area contributed by atoms with E-state index in [0.29, 0.717) is 16.4 Å². The van der Waals surface area contributed by atoms with Crippen LogP contribution in [0.2, 0.25) is 0 Å². The third kappa shape index (κ3) is 2.13. The molecule has 1 atom stereocenters. The maximum atomic E-state index is 5.41. The smallest absolute Gasteiger partial charge is 0.198 e. The fourth-order valence-corrected chi connectivity index (χ4v) is 2.41. The quantitative estimate of drug-likeness (QED) is 0.737. The average molecular weight is 271 g/mol. The van der Waals surface area contributed by atoms with Gasteiger partial charge in [-0.2, -0.15) is 5.10 Å². The van der Waals surface area contributed by atoms with Crippen molar-refractivity contribution in [2.24, 2.45) is 0 Å². The first-order valence-electron chi connectivity index (χ1n) is 6.03. The first-order valence-corrected chi connectivity index (χ1v) is 6.44. The number of hydrogen-bond acceptors (Lipinski definition) is 3. The lowest BCUT2D eigenvalue weighted by molar-refractivity contribution is 0.559. The molecular weight excluding hydrogens is 258 g/mol. The number of rotatable bonds is 3. The Morgan fingerprint density at radius 1 is 1.21 bits per heavy atom. The van der Waals surface area contributed by atoms with Gasteiger partial charge in [-0.1, -0.05) is 30.3 Å². The topological polar surface area (TPSA) is 46.8 Å². The van der Waals surface area contributed by atoms with Crippen LogP contribution in [0.15, 0.2) is 53.1 Å². The van der Waals surface area contributed by atoms with Gasteiger partial charge in [-0.25, -0.2) is 0 Å². The van der Waals surface area contributed by atoms with Gasteiger partial charge in [-0.3, -0.25) is 9.67 Å². The lowest BCUT2D eigenvalue weighted by Gasteiger charge is -2.15.